The number of benzene rings is 1. The minimum Gasteiger partial charge on any atom is -0.361 e. The standard InChI is InChI=1S/C15H18ClN3O2/c1-10-7-14(18-21-10)9-19(3)15(20)17-11(2)12-5-4-6-13(16)8-12/h4-8,11H,9H2,1-3H3,(H,17,20). The lowest BCUT2D eigenvalue weighted by atomic mass is 10.1. The van der Waals surface area contributed by atoms with Gasteiger partial charge < -0.3 is 14.7 Å². The Morgan fingerprint density at radius 1 is 1.48 bits per heavy atom. The molecule has 0 bridgehead atoms. The molecule has 0 fully saturated rings. The Hall–Kier alpha value is -2.01. The van der Waals surface area contributed by atoms with Crippen LogP contribution < -0.4 is 5.32 Å². The highest BCUT2D eigenvalue weighted by Crippen LogP contribution is 2.17. The largest absolute Gasteiger partial charge is 0.361 e. The fourth-order valence-corrected chi connectivity index (χ4v) is 2.16. The molecular formula is C15H18ClN3O2. The van der Waals surface area contributed by atoms with Gasteiger partial charge in [-0.15, -0.1) is 0 Å². The molecule has 0 aliphatic carbocycles. The number of hydrogen-bond acceptors (Lipinski definition) is 3. The van der Waals surface area contributed by atoms with E-state index in [-0.39, 0.29) is 12.1 Å². The van der Waals surface area contributed by atoms with Gasteiger partial charge in [-0.25, -0.2) is 4.79 Å². The molecule has 1 aromatic heterocycles. The van der Waals surface area contributed by atoms with Gasteiger partial charge in [0.1, 0.15) is 11.5 Å². The summed E-state index contributed by atoms with van der Waals surface area (Å²) in [7, 11) is 1.71. The first-order valence-electron chi connectivity index (χ1n) is 6.65. The highest BCUT2D eigenvalue weighted by Gasteiger charge is 2.15. The smallest absolute Gasteiger partial charge is 0.317 e. The molecule has 1 unspecified atom stereocenters. The maximum absolute atomic E-state index is 12.1. The quantitative estimate of drug-likeness (QED) is 0.940. The number of carbonyl (C=O) groups is 1. The zero-order valence-electron chi connectivity index (χ0n) is 12.3. The Balaban J connectivity index is 1.94. The molecule has 1 aromatic carbocycles. The molecule has 1 heterocycles. The maximum Gasteiger partial charge on any atom is 0.317 e. The summed E-state index contributed by atoms with van der Waals surface area (Å²) in [4.78, 5) is 13.7. The van der Waals surface area contributed by atoms with Crippen LogP contribution in [-0.4, -0.2) is 23.1 Å². The van der Waals surface area contributed by atoms with Crippen molar-refractivity contribution in [1.82, 2.24) is 15.4 Å². The zero-order chi connectivity index (χ0) is 15.4. The van der Waals surface area contributed by atoms with Crippen molar-refractivity contribution in [3.63, 3.8) is 0 Å². The number of carbonyl (C=O) groups excluding carboxylic acids is 1. The van der Waals surface area contributed by atoms with Crippen LogP contribution in [0.1, 0.15) is 30.0 Å². The topological polar surface area (TPSA) is 58.4 Å². The minimum atomic E-state index is -0.178. The third kappa shape index (κ3) is 4.23. The van der Waals surface area contributed by atoms with E-state index >= 15 is 0 Å². The fraction of sp³-hybridized carbons (Fsp3) is 0.333. The van der Waals surface area contributed by atoms with Gasteiger partial charge in [-0.1, -0.05) is 28.9 Å². The van der Waals surface area contributed by atoms with E-state index in [2.05, 4.69) is 10.5 Å². The molecule has 21 heavy (non-hydrogen) atoms. The van der Waals surface area contributed by atoms with E-state index in [0.717, 1.165) is 17.0 Å². The number of nitrogens with zero attached hydrogens (tertiary/aromatic N) is 2. The molecule has 2 aromatic rings. The fourth-order valence-electron chi connectivity index (χ4n) is 1.96. The molecule has 6 heteroatoms. The summed E-state index contributed by atoms with van der Waals surface area (Å²) in [5, 5.41) is 7.45. The predicted molar refractivity (Wildman–Crippen MR) is 81.1 cm³/mol. The number of amides is 2. The number of aromatic nitrogens is 1. The highest BCUT2D eigenvalue weighted by atomic mass is 35.5. The molecule has 0 saturated heterocycles. The monoisotopic (exact) mass is 307 g/mol. The van der Waals surface area contributed by atoms with Crippen molar-refractivity contribution in [2.45, 2.75) is 26.4 Å². The number of aryl methyl sites for hydroxylation is 1. The van der Waals surface area contributed by atoms with Gasteiger partial charge in [0.2, 0.25) is 0 Å². The van der Waals surface area contributed by atoms with Crippen LogP contribution in [0, 0.1) is 6.92 Å². The first-order valence-corrected chi connectivity index (χ1v) is 7.03. The summed E-state index contributed by atoms with van der Waals surface area (Å²) in [5.74, 6) is 0.728. The Morgan fingerprint density at radius 2 is 2.24 bits per heavy atom. The summed E-state index contributed by atoms with van der Waals surface area (Å²) >= 11 is 5.96. The second kappa shape index (κ2) is 6.63. The van der Waals surface area contributed by atoms with E-state index in [1.807, 2.05) is 38.1 Å². The number of urea groups is 1. The van der Waals surface area contributed by atoms with Gasteiger partial charge in [0.25, 0.3) is 0 Å². The van der Waals surface area contributed by atoms with Crippen molar-refractivity contribution in [3.8, 4) is 0 Å². The summed E-state index contributed by atoms with van der Waals surface area (Å²) < 4.78 is 4.99. The Bertz CT molecular complexity index is 627. The van der Waals surface area contributed by atoms with Crippen molar-refractivity contribution in [1.29, 1.82) is 0 Å². The van der Waals surface area contributed by atoms with Crippen LogP contribution >= 0.6 is 11.6 Å². The van der Waals surface area contributed by atoms with Crippen molar-refractivity contribution < 1.29 is 9.32 Å². The second-order valence-electron chi connectivity index (χ2n) is 5.01. The van der Waals surface area contributed by atoms with Gasteiger partial charge in [-0.2, -0.15) is 0 Å². The molecule has 0 spiro atoms. The maximum atomic E-state index is 12.1. The second-order valence-corrected chi connectivity index (χ2v) is 5.45. The summed E-state index contributed by atoms with van der Waals surface area (Å²) in [6.07, 6.45) is 0. The molecular weight excluding hydrogens is 290 g/mol. The zero-order valence-corrected chi connectivity index (χ0v) is 13.0. The first kappa shape index (κ1) is 15.4. The Morgan fingerprint density at radius 3 is 2.86 bits per heavy atom. The average Bonchev–Trinajstić information content (AvgIpc) is 2.84. The summed E-state index contributed by atoms with van der Waals surface area (Å²) in [5.41, 5.74) is 1.68. The van der Waals surface area contributed by atoms with Gasteiger partial charge >= 0.3 is 6.03 Å². The number of halogens is 1. The van der Waals surface area contributed by atoms with Crippen LogP contribution in [0.15, 0.2) is 34.9 Å². The normalized spacial score (nSPS) is 12.0. The molecule has 0 saturated carbocycles. The van der Waals surface area contributed by atoms with E-state index in [9.17, 15) is 4.79 Å². The van der Waals surface area contributed by atoms with Crippen LogP contribution in [0.2, 0.25) is 5.02 Å². The van der Waals surface area contributed by atoms with Gasteiger partial charge in [0.05, 0.1) is 12.6 Å². The van der Waals surface area contributed by atoms with Crippen molar-refractivity contribution in [2.75, 3.05) is 7.05 Å². The van der Waals surface area contributed by atoms with E-state index in [0.29, 0.717) is 11.6 Å². The minimum absolute atomic E-state index is 0.127. The van der Waals surface area contributed by atoms with Gasteiger partial charge in [0, 0.05) is 18.1 Å². The highest BCUT2D eigenvalue weighted by molar-refractivity contribution is 6.30. The van der Waals surface area contributed by atoms with Crippen LogP contribution in [0.3, 0.4) is 0 Å². The van der Waals surface area contributed by atoms with Crippen LogP contribution in [0.25, 0.3) is 0 Å². The van der Waals surface area contributed by atoms with E-state index in [4.69, 9.17) is 16.1 Å². The third-order valence-electron chi connectivity index (χ3n) is 3.11. The average molecular weight is 308 g/mol. The van der Waals surface area contributed by atoms with Gasteiger partial charge in [-0.3, -0.25) is 0 Å². The van der Waals surface area contributed by atoms with Crippen molar-refractivity contribution in [2.24, 2.45) is 0 Å². The number of nitrogens with one attached hydrogen (secondary N) is 1. The van der Waals surface area contributed by atoms with Gasteiger partial charge in [0.15, 0.2) is 0 Å². The molecule has 1 N–H and O–H groups in total. The van der Waals surface area contributed by atoms with E-state index in [1.165, 1.54) is 0 Å². The lowest BCUT2D eigenvalue weighted by Gasteiger charge is -2.21. The van der Waals surface area contributed by atoms with Crippen LogP contribution in [0.5, 0.6) is 0 Å². The lowest BCUT2D eigenvalue weighted by Crippen LogP contribution is -2.38. The number of rotatable bonds is 4. The number of hydrogen-bond donors (Lipinski definition) is 1. The molecule has 0 aliphatic heterocycles. The Kier molecular flexibility index (Phi) is 4.85. The van der Waals surface area contributed by atoms with Crippen LogP contribution in [0.4, 0.5) is 4.79 Å². The molecule has 1 atom stereocenters. The molecule has 112 valence electrons. The molecule has 2 rings (SSSR count). The van der Waals surface area contributed by atoms with E-state index < -0.39 is 0 Å². The van der Waals surface area contributed by atoms with E-state index in [1.54, 1.807) is 18.0 Å². The molecule has 5 nitrogen and oxygen atoms in total. The first-order chi connectivity index (χ1) is 9.95. The molecule has 2 amide bonds. The Labute approximate surface area is 128 Å². The predicted octanol–water partition coefficient (Wildman–Crippen LogP) is 3.54. The SMILES string of the molecule is Cc1cc(CN(C)C(=O)NC(C)c2cccc(Cl)c2)no1. The third-order valence-corrected chi connectivity index (χ3v) is 3.35. The summed E-state index contributed by atoms with van der Waals surface area (Å²) in [6.45, 7) is 4.13. The van der Waals surface area contributed by atoms with Crippen molar-refractivity contribution >= 4 is 17.6 Å². The lowest BCUT2D eigenvalue weighted by molar-refractivity contribution is 0.202. The van der Waals surface area contributed by atoms with Crippen LogP contribution in [-0.2, 0) is 6.54 Å². The van der Waals surface area contributed by atoms with Crippen molar-refractivity contribution in [3.05, 3.63) is 52.4 Å². The molecule has 0 aliphatic rings. The molecule has 0 radical (unpaired) electrons. The van der Waals surface area contributed by atoms with Gasteiger partial charge in [-0.05, 0) is 31.5 Å². The summed E-state index contributed by atoms with van der Waals surface area (Å²) in [6, 6.07) is 8.94.